The first kappa shape index (κ1) is 12.6. The highest BCUT2D eigenvalue weighted by Crippen LogP contribution is 2.18. The molecule has 1 aromatic carbocycles. The normalized spacial score (nSPS) is 10.7. The molecule has 0 saturated carbocycles. The largest absolute Gasteiger partial charge is 0.343 e. The maximum atomic E-state index is 12.0. The minimum Gasteiger partial charge on any atom is -0.343 e. The standard InChI is InChI=1S/C14H11ClN4O/c15-10-3-1-2-9(4-10)5-13(20)19-12-7-16-6-11-14(12)18-8-17-11/h1-4,6-8H,5H2,(H,17,18)(H,19,20). The van der Waals surface area contributed by atoms with Crippen molar-refractivity contribution in [2.75, 3.05) is 5.32 Å². The predicted octanol–water partition coefficient (Wildman–Crippen LogP) is 2.79. The van der Waals surface area contributed by atoms with E-state index in [2.05, 4.69) is 20.3 Å². The average Bonchev–Trinajstić information content (AvgIpc) is 2.88. The number of benzene rings is 1. The second-order valence-corrected chi connectivity index (χ2v) is 4.78. The van der Waals surface area contributed by atoms with Gasteiger partial charge in [-0.2, -0.15) is 0 Å². The van der Waals surface area contributed by atoms with Crippen molar-refractivity contribution in [3.63, 3.8) is 0 Å². The Bertz CT molecular complexity index is 768. The molecule has 100 valence electrons. The van der Waals surface area contributed by atoms with E-state index in [-0.39, 0.29) is 12.3 Å². The third kappa shape index (κ3) is 2.62. The molecule has 0 spiro atoms. The summed E-state index contributed by atoms with van der Waals surface area (Å²) in [5.41, 5.74) is 2.93. The number of halogens is 1. The fourth-order valence-electron chi connectivity index (χ4n) is 1.98. The number of carbonyl (C=O) groups is 1. The van der Waals surface area contributed by atoms with Crippen molar-refractivity contribution in [2.24, 2.45) is 0 Å². The number of nitrogens with zero attached hydrogens (tertiary/aromatic N) is 2. The lowest BCUT2D eigenvalue weighted by atomic mass is 10.1. The highest BCUT2D eigenvalue weighted by molar-refractivity contribution is 6.30. The fourth-order valence-corrected chi connectivity index (χ4v) is 2.20. The third-order valence-corrected chi connectivity index (χ3v) is 3.09. The molecule has 1 amide bonds. The quantitative estimate of drug-likeness (QED) is 0.778. The molecule has 0 aliphatic heterocycles. The minimum absolute atomic E-state index is 0.135. The molecule has 3 aromatic rings. The van der Waals surface area contributed by atoms with Crippen LogP contribution in [0.3, 0.4) is 0 Å². The van der Waals surface area contributed by atoms with Crippen LogP contribution < -0.4 is 5.32 Å². The number of imidazole rings is 1. The van der Waals surface area contributed by atoms with Crippen LogP contribution in [0.2, 0.25) is 5.02 Å². The molecule has 0 saturated heterocycles. The van der Waals surface area contributed by atoms with E-state index in [1.54, 1.807) is 30.9 Å². The van der Waals surface area contributed by atoms with Crippen LogP contribution in [0.5, 0.6) is 0 Å². The van der Waals surface area contributed by atoms with Crippen LogP contribution in [0.25, 0.3) is 11.0 Å². The molecular formula is C14H11ClN4O. The van der Waals surface area contributed by atoms with E-state index in [0.717, 1.165) is 11.1 Å². The molecule has 0 atom stereocenters. The highest BCUT2D eigenvalue weighted by Gasteiger charge is 2.09. The minimum atomic E-state index is -0.135. The van der Waals surface area contributed by atoms with Crippen LogP contribution in [-0.2, 0) is 11.2 Å². The summed E-state index contributed by atoms with van der Waals surface area (Å²) in [5.74, 6) is -0.135. The number of rotatable bonds is 3. The van der Waals surface area contributed by atoms with Gasteiger partial charge < -0.3 is 10.3 Å². The van der Waals surface area contributed by atoms with E-state index >= 15 is 0 Å². The average molecular weight is 287 g/mol. The molecule has 2 N–H and O–H groups in total. The van der Waals surface area contributed by atoms with Crippen molar-refractivity contribution in [1.82, 2.24) is 15.0 Å². The van der Waals surface area contributed by atoms with Crippen molar-refractivity contribution < 1.29 is 4.79 Å². The molecular weight excluding hydrogens is 276 g/mol. The maximum absolute atomic E-state index is 12.0. The van der Waals surface area contributed by atoms with Gasteiger partial charge in [-0.15, -0.1) is 0 Å². The number of aromatic nitrogens is 3. The molecule has 0 aliphatic rings. The van der Waals surface area contributed by atoms with Crippen molar-refractivity contribution in [2.45, 2.75) is 6.42 Å². The first-order valence-electron chi connectivity index (χ1n) is 6.04. The summed E-state index contributed by atoms with van der Waals surface area (Å²) in [4.78, 5) is 23.2. The summed E-state index contributed by atoms with van der Waals surface area (Å²) in [6.45, 7) is 0. The number of hydrogen-bond acceptors (Lipinski definition) is 3. The number of aromatic amines is 1. The lowest BCUT2D eigenvalue weighted by molar-refractivity contribution is -0.115. The zero-order valence-electron chi connectivity index (χ0n) is 10.4. The number of fused-ring (bicyclic) bond motifs is 1. The molecule has 0 unspecified atom stereocenters. The number of hydrogen-bond donors (Lipinski definition) is 2. The molecule has 0 fully saturated rings. The summed E-state index contributed by atoms with van der Waals surface area (Å²) in [6, 6.07) is 7.23. The first-order chi connectivity index (χ1) is 9.72. The van der Waals surface area contributed by atoms with Gasteiger partial charge >= 0.3 is 0 Å². The second kappa shape index (κ2) is 5.30. The molecule has 20 heavy (non-hydrogen) atoms. The SMILES string of the molecule is O=C(Cc1cccc(Cl)c1)Nc1cncc2[nH]cnc12. The van der Waals surface area contributed by atoms with Gasteiger partial charge in [-0.25, -0.2) is 4.98 Å². The monoisotopic (exact) mass is 286 g/mol. The van der Waals surface area contributed by atoms with Crippen molar-refractivity contribution in [1.29, 1.82) is 0 Å². The number of carbonyl (C=O) groups excluding carboxylic acids is 1. The summed E-state index contributed by atoms with van der Waals surface area (Å²) in [7, 11) is 0. The lowest BCUT2D eigenvalue weighted by Gasteiger charge is -2.05. The van der Waals surface area contributed by atoms with Gasteiger partial charge in [0.2, 0.25) is 5.91 Å². The summed E-state index contributed by atoms with van der Waals surface area (Å²) in [5, 5.41) is 3.43. The Balaban J connectivity index is 1.77. The summed E-state index contributed by atoms with van der Waals surface area (Å²) in [6.07, 6.45) is 5.06. The Hall–Kier alpha value is -2.40. The molecule has 3 rings (SSSR count). The number of pyridine rings is 1. The Kier molecular flexibility index (Phi) is 3.35. The Morgan fingerprint density at radius 3 is 3.10 bits per heavy atom. The van der Waals surface area contributed by atoms with Gasteiger partial charge in [0.05, 0.1) is 36.3 Å². The van der Waals surface area contributed by atoms with Crippen LogP contribution in [-0.4, -0.2) is 20.9 Å². The van der Waals surface area contributed by atoms with Gasteiger partial charge in [0.25, 0.3) is 0 Å². The topological polar surface area (TPSA) is 70.7 Å². The summed E-state index contributed by atoms with van der Waals surface area (Å²) >= 11 is 5.90. The second-order valence-electron chi connectivity index (χ2n) is 4.34. The van der Waals surface area contributed by atoms with Crippen LogP contribution in [0, 0.1) is 0 Å². The number of anilines is 1. The predicted molar refractivity (Wildman–Crippen MR) is 77.7 cm³/mol. The molecule has 6 heteroatoms. The highest BCUT2D eigenvalue weighted by atomic mass is 35.5. The van der Waals surface area contributed by atoms with E-state index < -0.39 is 0 Å². The Morgan fingerprint density at radius 1 is 1.35 bits per heavy atom. The first-order valence-corrected chi connectivity index (χ1v) is 6.41. The maximum Gasteiger partial charge on any atom is 0.228 e. The molecule has 0 bridgehead atoms. The zero-order valence-corrected chi connectivity index (χ0v) is 11.2. The molecule has 2 heterocycles. The van der Waals surface area contributed by atoms with Gasteiger partial charge in [0.1, 0.15) is 5.52 Å². The molecule has 0 radical (unpaired) electrons. The number of H-pyrrole nitrogens is 1. The van der Waals surface area contributed by atoms with Gasteiger partial charge in [-0.1, -0.05) is 23.7 Å². The van der Waals surface area contributed by atoms with Crippen molar-refractivity contribution in [3.8, 4) is 0 Å². The van der Waals surface area contributed by atoms with Crippen molar-refractivity contribution >= 4 is 34.2 Å². The molecule has 2 aromatic heterocycles. The van der Waals surface area contributed by atoms with Crippen LogP contribution in [0.4, 0.5) is 5.69 Å². The van der Waals surface area contributed by atoms with Crippen LogP contribution in [0.15, 0.2) is 43.0 Å². The molecule has 5 nitrogen and oxygen atoms in total. The van der Waals surface area contributed by atoms with E-state index in [0.29, 0.717) is 16.2 Å². The van der Waals surface area contributed by atoms with E-state index in [4.69, 9.17) is 11.6 Å². The lowest BCUT2D eigenvalue weighted by Crippen LogP contribution is -2.14. The van der Waals surface area contributed by atoms with Crippen molar-refractivity contribution in [3.05, 3.63) is 53.6 Å². The van der Waals surface area contributed by atoms with E-state index in [1.165, 1.54) is 0 Å². The van der Waals surface area contributed by atoms with Crippen LogP contribution >= 0.6 is 11.6 Å². The van der Waals surface area contributed by atoms with Crippen LogP contribution in [0.1, 0.15) is 5.56 Å². The third-order valence-electron chi connectivity index (χ3n) is 2.86. The van der Waals surface area contributed by atoms with Gasteiger partial charge in [0, 0.05) is 5.02 Å². The number of amides is 1. The Labute approximate surface area is 120 Å². The zero-order chi connectivity index (χ0) is 13.9. The van der Waals surface area contributed by atoms with Gasteiger partial charge in [-0.05, 0) is 17.7 Å². The van der Waals surface area contributed by atoms with E-state index in [1.807, 2.05) is 12.1 Å². The van der Waals surface area contributed by atoms with E-state index in [9.17, 15) is 4.79 Å². The molecule has 0 aliphatic carbocycles. The number of nitrogens with one attached hydrogen (secondary N) is 2. The van der Waals surface area contributed by atoms with Gasteiger partial charge in [0.15, 0.2) is 0 Å². The Morgan fingerprint density at radius 2 is 2.25 bits per heavy atom. The smallest absolute Gasteiger partial charge is 0.228 e. The van der Waals surface area contributed by atoms with Gasteiger partial charge in [-0.3, -0.25) is 9.78 Å². The summed E-state index contributed by atoms with van der Waals surface area (Å²) < 4.78 is 0. The fraction of sp³-hybridized carbons (Fsp3) is 0.0714.